The number of hydrogen-bond acceptors (Lipinski definition) is 4. The van der Waals surface area contributed by atoms with Crippen LogP contribution in [0.4, 0.5) is 0 Å². The molecule has 0 radical (unpaired) electrons. The lowest BCUT2D eigenvalue weighted by Gasteiger charge is -2.23. The lowest BCUT2D eigenvalue weighted by molar-refractivity contribution is 0.0254. The fourth-order valence-electron chi connectivity index (χ4n) is 3.08. The molecule has 3 heterocycles. The second kappa shape index (κ2) is 6.87. The average molecular weight is 398 g/mol. The summed E-state index contributed by atoms with van der Waals surface area (Å²) in [5.74, 6) is 0.636. The van der Waals surface area contributed by atoms with Crippen molar-refractivity contribution >= 4 is 27.0 Å². The van der Waals surface area contributed by atoms with E-state index in [1.807, 2.05) is 30.5 Å². The van der Waals surface area contributed by atoms with Crippen molar-refractivity contribution in [2.75, 3.05) is 13.2 Å². The zero-order valence-corrected chi connectivity index (χ0v) is 15.0. The molecule has 0 amide bonds. The molecule has 1 saturated heterocycles. The van der Waals surface area contributed by atoms with E-state index in [1.54, 1.807) is 6.20 Å². The zero-order chi connectivity index (χ0) is 17.2. The van der Waals surface area contributed by atoms with E-state index < -0.39 is 0 Å². The summed E-state index contributed by atoms with van der Waals surface area (Å²) in [7, 11) is 0. The molecule has 25 heavy (non-hydrogen) atoms. The number of rotatable bonds is 3. The minimum absolute atomic E-state index is 0.111. The Morgan fingerprint density at radius 3 is 2.92 bits per heavy atom. The molecule has 0 spiro atoms. The normalized spacial score (nSPS) is 15.2. The third-order valence-corrected chi connectivity index (χ3v) is 4.80. The Morgan fingerprint density at radius 2 is 2.12 bits per heavy atom. The van der Waals surface area contributed by atoms with E-state index in [0.29, 0.717) is 24.5 Å². The second-order valence-electron chi connectivity index (χ2n) is 6.00. The van der Waals surface area contributed by atoms with Gasteiger partial charge in [-0.05, 0) is 39.7 Å². The molecule has 1 fully saturated rings. The van der Waals surface area contributed by atoms with Gasteiger partial charge >= 0.3 is 0 Å². The van der Waals surface area contributed by atoms with E-state index in [0.717, 1.165) is 39.5 Å². The van der Waals surface area contributed by atoms with Gasteiger partial charge in [0.1, 0.15) is 23.6 Å². The molecule has 4 rings (SSSR count). The van der Waals surface area contributed by atoms with Crippen molar-refractivity contribution in [3.63, 3.8) is 0 Å². The van der Waals surface area contributed by atoms with Gasteiger partial charge in [0.05, 0.1) is 18.8 Å². The summed E-state index contributed by atoms with van der Waals surface area (Å²) >= 11 is 3.46. The molecule has 0 saturated carbocycles. The number of H-pyrrole nitrogens is 1. The molecule has 5 nitrogen and oxygen atoms in total. The number of halogens is 1. The maximum atomic E-state index is 9.54. The number of nitrogens with one attached hydrogen (secondary N) is 1. The Kier molecular flexibility index (Phi) is 4.43. The van der Waals surface area contributed by atoms with Gasteiger partial charge in [0.2, 0.25) is 0 Å². The second-order valence-corrected chi connectivity index (χ2v) is 6.92. The van der Waals surface area contributed by atoms with Crippen LogP contribution in [0.2, 0.25) is 0 Å². The summed E-state index contributed by atoms with van der Waals surface area (Å²) in [6.45, 7) is 1.42. The lowest BCUT2D eigenvalue weighted by Crippen LogP contribution is -2.26. The fraction of sp³-hybridized carbons (Fsp3) is 0.263. The number of aromatic amines is 1. The molecule has 0 atom stereocenters. The first-order valence-corrected chi connectivity index (χ1v) is 8.95. The van der Waals surface area contributed by atoms with Crippen molar-refractivity contribution < 1.29 is 9.47 Å². The van der Waals surface area contributed by atoms with Crippen LogP contribution in [0, 0.1) is 11.3 Å². The molecule has 1 aromatic carbocycles. The zero-order valence-electron chi connectivity index (χ0n) is 13.5. The maximum absolute atomic E-state index is 9.54. The number of benzene rings is 1. The van der Waals surface area contributed by atoms with Gasteiger partial charge in [-0.3, -0.25) is 0 Å². The molecule has 1 aliphatic heterocycles. The van der Waals surface area contributed by atoms with E-state index >= 15 is 0 Å². The number of hydrogen-bond donors (Lipinski definition) is 1. The topological polar surface area (TPSA) is 70.9 Å². The van der Waals surface area contributed by atoms with Gasteiger partial charge in [-0.25, -0.2) is 4.98 Å². The van der Waals surface area contributed by atoms with Gasteiger partial charge in [-0.2, -0.15) is 5.26 Å². The predicted octanol–water partition coefficient (Wildman–Crippen LogP) is 4.42. The largest absolute Gasteiger partial charge is 0.489 e. The maximum Gasteiger partial charge on any atom is 0.137 e. The molecule has 3 aromatic rings. The van der Waals surface area contributed by atoms with Gasteiger partial charge in [0, 0.05) is 40.7 Å². The molecule has 0 bridgehead atoms. The number of nitrogens with zero attached hydrogens (tertiary/aromatic N) is 2. The number of ether oxygens (including phenoxy) is 2. The van der Waals surface area contributed by atoms with E-state index in [4.69, 9.17) is 9.47 Å². The first-order chi connectivity index (χ1) is 12.2. The van der Waals surface area contributed by atoms with Gasteiger partial charge < -0.3 is 14.5 Å². The standard InChI is InChI=1S/C19H16BrN3O2/c20-14-8-16-17(11-23-19(16)22-10-14)12-1-2-18(13(7-12)9-21)25-15-3-5-24-6-4-15/h1-2,7-8,10-11,15H,3-6H2,(H,22,23). The van der Waals surface area contributed by atoms with Crippen molar-refractivity contribution in [1.29, 1.82) is 5.26 Å². The van der Waals surface area contributed by atoms with Crippen molar-refractivity contribution in [2.45, 2.75) is 18.9 Å². The number of fused-ring (bicyclic) bond motifs is 1. The number of pyridine rings is 1. The van der Waals surface area contributed by atoms with Crippen LogP contribution in [0.3, 0.4) is 0 Å². The van der Waals surface area contributed by atoms with E-state index in [-0.39, 0.29) is 6.10 Å². The summed E-state index contributed by atoms with van der Waals surface area (Å²) in [6.07, 6.45) is 5.50. The third kappa shape index (κ3) is 3.26. The Hall–Kier alpha value is -2.36. The van der Waals surface area contributed by atoms with E-state index in [9.17, 15) is 5.26 Å². The van der Waals surface area contributed by atoms with Crippen molar-refractivity contribution in [3.05, 3.63) is 46.7 Å². The Bertz CT molecular complexity index is 955. The van der Waals surface area contributed by atoms with Crippen LogP contribution >= 0.6 is 15.9 Å². The van der Waals surface area contributed by atoms with Crippen molar-refractivity contribution in [3.8, 4) is 22.9 Å². The van der Waals surface area contributed by atoms with Gasteiger partial charge in [0.15, 0.2) is 0 Å². The van der Waals surface area contributed by atoms with Gasteiger partial charge in [-0.15, -0.1) is 0 Å². The first kappa shape index (κ1) is 16.1. The molecular weight excluding hydrogens is 382 g/mol. The minimum Gasteiger partial charge on any atom is -0.489 e. The van der Waals surface area contributed by atoms with Crippen LogP contribution in [-0.2, 0) is 4.74 Å². The Balaban J connectivity index is 1.69. The van der Waals surface area contributed by atoms with Gasteiger partial charge in [0.25, 0.3) is 0 Å². The minimum atomic E-state index is 0.111. The van der Waals surface area contributed by atoms with Crippen LogP contribution in [0.5, 0.6) is 5.75 Å². The highest BCUT2D eigenvalue weighted by Gasteiger charge is 2.18. The summed E-state index contributed by atoms with van der Waals surface area (Å²) in [6, 6.07) is 10.0. The third-order valence-electron chi connectivity index (χ3n) is 4.37. The van der Waals surface area contributed by atoms with Crippen LogP contribution in [-0.4, -0.2) is 29.3 Å². The lowest BCUT2D eigenvalue weighted by atomic mass is 10.0. The highest BCUT2D eigenvalue weighted by molar-refractivity contribution is 9.10. The molecule has 1 aliphatic rings. The number of aromatic nitrogens is 2. The summed E-state index contributed by atoms with van der Waals surface area (Å²) < 4.78 is 12.3. The molecule has 6 heteroatoms. The molecular formula is C19H16BrN3O2. The molecule has 126 valence electrons. The molecule has 2 aromatic heterocycles. The first-order valence-electron chi connectivity index (χ1n) is 8.16. The fourth-order valence-corrected chi connectivity index (χ4v) is 3.41. The van der Waals surface area contributed by atoms with E-state index in [2.05, 4.69) is 32.0 Å². The molecule has 1 N–H and O–H groups in total. The summed E-state index contributed by atoms with van der Waals surface area (Å²) in [4.78, 5) is 7.53. The highest BCUT2D eigenvalue weighted by Crippen LogP contribution is 2.33. The summed E-state index contributed by atoms with van der Waals surface area (Å²) in [5.41, 5.74) is 3.33. The number of nitriles is 1. The Labute approximate surface area is 153 Å². The van der Waals surface area contributed by atoms with Crippen LogP contribution < -0.4 is 4.74 Å². The summed E-state index contributed by atoms with van der Waals surface area (Å²) in [5, 5.41) is 10.6. The predicted molar refractivity (Wildman–Crippen MR) is 98.4 cm³/mol. The van der Waals surface area contributed by atoms with Crippen LogP contribution in [0.15, 0.2) is 41.1 Å². The van der Waals surface area contributed by atoms with Gasteiger partial charge in [-0.1, -0.05) is 6.07 Å². The average Bonchev–Trinajstić information content (AvgIpc) is 3.06. The quantitative estimate of drug-likeness (QED) is 0.709. The highest BCUT2D eigenvalue weighted by atomic mass is 79.9. The molecule has 0 aliphatic carbocycles. The van der Waals surface area contributed by atoms with Crippen LogP contribution in [0.25, 0.3) is 22.2 Å². The monoisotopic (exact) mass is 397 g/mol. The van der Waals surface area contributed by atoms with E-state index in [1.165, 1.54) is 0 Å². The SMILES string of the molecule is N#Cc1cc(-c2c[nH]c3ncc(Br)cc23)ccc1OC1CCOCC1. The van der Waals surface area contributed by atoms with Crippen LogP contribution in [0.1, 0.15) is 18.4 Å². The molecule has 0 unspecified atom stereocenters. The smallest absolute Gasteiger partial charge is 0.137 e. The van der Waals surface area contributed by atoms with Crippen molar-refractivity contribution in [1.82, 2.24) is 9.97 Å². The Morgan fingerprint density at radius 1 is 1.28 bits per heavy atom. The van der Waals surface area contributed by atoms with Crippen molar-refractivity contribution in [2.24, 2.45) is 0 Å².